The second-order valence-electron chi connectivity index (χ2n) is 10.3. The molecule has 1 aromatic rings. The molecular formula is C21H38BNO4Si. The van der Waals surface area contributed by atoms with Gasteiger partial charge in [-0.15, -0.1) is 0 Å². The molecule has 1 saturated heterocycles. The molecule has 1 aliphatic rings. The Bertz CT molecular complexity index is 639. The zero-order chi connectivity index (χ0) is 21.4. The number of rotatable bonds is 7. The van der Waals surface area contributed by atoms with E-state index in [1.165, 1.54) is 0 Å². The summed E-state index contributed by atoms with van der Waals surface area (Å²) in [6.45, 7) is 20.3. The summed E-state index contributed by atoms with van der Waals surface area (Å²) >= 11 is 0. The van der Waals surface area contributed by atoms with Crippen LogP contribution in [0.4, 0.5) is 0 Å². The summed E-state index contributed by atoms with van der Waals surface area (Å²) < 4.78 is 24.2. The van der Waals surface area contributed by atoms with E-state index in [9.17, 15) is 0 Å². The molecule has 7 heteroatoms. The Balaban J connectivity index is 1.85. The number of hydrogen-bond donors (Lipinski definition) is 1. The third-order valence-corrected chi connectivity index (χ3v) is 10.8. The fraction of sp³-hybridized carbons (Fsp3) is 0.714. The maximum absolute atomic E-state index is 6.19. The van der Waals surface area contributed by atoms with Crippen molar-refractivity contribution in [2.75, 3.05) is 13.2 Å². The first-order valence-corrected chi connectivity index (χ1v) is 13.0. The summed E-state index contributed by atoms with van der Waals surface area (Å²) in [6, 6.07) is 7.67. The van der Waals surface area contributed by atoms with Crippen LogP contribution in [0.15, 0.2) is 24.3 Å². The second kappa shape index (κ2) is 8.11. The molecule has 1 aliphatic heterocycles. The lowest BCUT2D eigenvalue weighted by Gasteiger charge is -2.36. The maximum atomic E-state index is 6.19. The summed E-state index contributed by atoms with van der Waals surface area (Å²) in [4.78, 5) is 0. The van der Waals surface area contributed by atoms with E-state index in [4.69, 9.17) is 24.2 Å². The number of benzene rings is 1. The molecule has 5 nitrogen and oxygen atoms in total. The van der Waals surface area contributed by atoms with Gasteiger partial charge in [-0.25, -0.2) is 0 Å². The van der Waals surface area contributed by atoms with E-state index in [0.717, 1.165) is 11.2 Å². The zero-order valence-corrected chi connectivity index (χ0v) is 20.1. The van der Waals surface area contributed by atoms with Gasteiger partial charge < -0.3 is 24.2 Å². The minimum Gasteiger partial charge on any atom is -0.492 e. The standard InChI is InChI=1S/C21H38BNO4Si/c1-19(2,3)28(8,9)25-15-17(23)14-24-18-12-10-16(11-13-18)22-26-20(4,5)21(6,7)27-22/h10-13,17H,14-15,23H2,1-9H3/t17-/m1/s1. The Morgan fingerprint density at radius 3 is 1.96 bits per heavy atom. The lowest BCUT2D eigenvalue weighted by molar-refractivity contribution is 0.00578. The molecule has 0 amide bonds. The van der Waals surface area contributed by atoms with Crippen molar-refractivity contribution < 1.29 is 18.5 Å². The molecular weight excluding hydrogens is 369 g/mol. The first kappa shape index (κ1) is 23.4. The fourth-order valence-electron chi connectivity index (χ4n) is 2.48. The summed E-state index contributed by atoms with van der Waals surface area (Å²) in [5.41, 5.74) is 6.49. The molecule has 2 N–H and O–H groups in total. The molecule has 0 unspecified atom stereocenters. The van der Waals surface area contributed by atoms with E-state index in [-0.39, 0.29) is 29.4 Å². The summed E-state index contributed by atoms with van der Waals surface area (Å²) in [5, 5.41) is 0.178. The molecule has 158 valence electrons. The van der Waals surface area contributed by atoms with Gasteiger partial charge in [0.25, 0.3) is 0 Å². The van der Waals surface area contributed by atoms with Crippen LogP contribution in [0.25, 0.3) is 0 Å². The van der Waals surface area contributed by atoms with Crippen molar-refractivity contribution >= 4 is 20.9 Å². The lowest BCUT2D eigenvalue weighted by atomic mass is 9.79. The highest BCUT2D eigenvalue weighted by Gasteiger charge is 2.51. The molecule has 0 aromatic heterocycles. The van der Waals surface area contributed by atoms with Gasteiger partial charge in [-0.3, -0.25) is 0 Å². The third-order valence-electron chi connectivity index (χ3n) is 6.33. The molecule has 1 fully saturated rings. The highest BCUT2D eigenvalue weighted by Crippen LogP contribution is 2.37. The Labute approximate surface area is 172 Å². The maximum Gasteiger partial charge on any atom is 0.494 e. The Kier molecular flexibility index (Phi) is 6.78. The number of nitrogens with two attached hydrogens (primary N) is 1. The van der Waals surface area contributed by atoms with Gasteiger partial charge in [-0.1, -0.05) is 32.9 Å². The predicted octanol–water partition coefficient (Wildman–Crippen LogP) is 3.71. The predicted molar refractivity (Wildman–Crippen MR) is 119 cm³/mol. The Morgan fingerprint density at radius 2 is 1.50 bits per heavy atom. The van der Waals surface area contributed by atoms with E-state index < -0.39 is 8.32 Å². The minimum atomic E-state index is -1.79. The molecule has 0 aliphatic carbocycles. The van der Waals surface area contributed by atoms with Crippen LogP contribution in [0, 0.1) is 0 Å². The largest absolute Gasteiger partial charge is 0.494 e. The topological polar surface area (TPSA) is 62.9 Å². The summed E-state index contributed by atoms with van der Waals surface area (Å²) in [5.74, 6) is 0.781. The smallest absolute Gasteiger partial charge is 0.492 e. The van der Waals surface area contributed by atoms with Gasteiger partial charge in [-0.05, 0) is 63.4 Å². The van der Waals surface area contributed by atoms with Crippen molar-refractivity contribution in [1.29, 1.82) is 0 Å². The minimum absolute atomic E-state index is 0.156. The van der Waals surface area contributed by atoms with Crippen LogP contribution >= 0.6 is 0 Å². The molecule has 1 aromatic carbocycles. The number of ether oxygens (including phenoxy) is 1. The van der Waals surface area contributed by atoms with Gasteiger partial charge in [0.15, 0.2) is 8.32 Å². The highest BCUT2D eigenvalue weighted by molar-refractivity contribution is 6.74. The number of hydrogen-bond acceptors (Lipinski definition) is 5. The molecule has 1 heterocycles. The van der Waals surface area contributed by atoms with Crippen LogP contribution in [0.5, 0.6) is 5.75 Å². The first-order valence-electron chi connectivity index (χ1n) is 10.1. The average Bonchev–Trinajstić information content (AvgIpc) is 2.78. The van der Waals surface area contributed by atoms with Gasteiger partial charge in [0.2, 0.25) is 0 Å². The van der Waals surface area contributed by atoms with E-state index in [0.29, 0.717) is 13.2 Å². The van der Waals surface area contributed by atoms with E-state index in [1.807, 2.05) is 24.3 Å². The van der Waals surface area contributed by atoms with Gasteiger partial charge in [0.1, 0.15) is 12.4 Å². The second-order valence-corrected chi connectivity index (χ2v) is 15.1. The van der Waals surface area contributed by atoms with Crippen molar-refractivity contribution in [3.63, 3.8) is 0 Å². The third kappa shape index (κ3) is 5.39. The van der Waals surface area contributed by atoms with Crippen LogP contribution in [-0.4, -0.2) is 45.9 Å². The van der Waals surface area contributed by atoms with Gasteiger partial charge in [-0.2, -0.15) is 0 Å². The highest BCUT2D eigenvalue weighted by atomic mass is 28.4. The van der Waals surface area contributed by atoms with E-state index in [1.54, 1.807) is 0 Å². The SMILES string of the molecule is CC1(C)OB(c2ccc(OC[C@@H](N)CO[Si](C)(C)C(C)(C)C)cc2)OC1(C)C. The van der Waals surface area contributed by atoms with Crippen LogP contribution < -0.4 is 15.9 Å². The van der Waals surface area contributed by atoms with Crippen LogP contribution in [0.3, 0.4) is 0 Å². The van der Waals surface area contributed by atoms with Crippen LogP contribution in [0.1, 0.15) is 48.5 Å². The van der Waals surface area contributed by atoms with E-state index in [2.05, 4.69) is 61.6 Å². The van der Waals surface area contributed by atoms with Crippen molar-refractivity contribution in [3.05, 3.63) is 24.3 Å². The summed E-state index contributed by atoms with van der Waals surface area (Å²) in [6.07, 6.45) is 0. The quantitative estimate of drug-likeness (QED) is 0.698. The Hall–Kier alpha value is -0.858. The molecule has 28 heavy (non-hydrogen) atoms. The lowest BCUT2D eigenvalue weighted by Crippen LogP contribution is -2.45. The average molecular weight is 407 g/mol. The van der Waals surface area contributed by atoms with Crippen LogP contribution in [0.2, 0.25) is 18.1 Å². The van der Waals surface area contributed by atoms with Crippen molar-refractivity contribution in [3.8, 4) is 5.75 Å². The van der Waals surface area contributed by atoms with Crippen molar-refractivity contribution in [2.24, 2.45) is 5.73 Å². The molecule has 1 atom stereocenters. The van der Waals surface area contributed by atoms with Gasteiger partial charge in [0.05, 0.1) is 23.9 Å². The molecule has 0 saturated carbocycles. The molecule has 0 bridgehead atoms. The normalized spacial score (nSPS) is 20.3. The van der Waals surface area contributed by atoms with Gasteiger partial charge >= 0.3 is 7.12 Å². The Morgan fingerprint density at radius 1 is 1.00 bits per heavy atom. The fourth-order valence-corrected chi connectivity index (χ4v) is 3.55. The van der Waals surface area contributed by atoms with Crippen molar-refractivity contribution in [1.82, 2.24) is 0 Å². The van der Waals surface area contributed by atoms with Crippen LogP contribution in [-0.2, 0) is 13.7 Å². The molecule has 0 radical (unpaired) electrons. The first-order chi connectivity index (χ1) is 12.6. The monoisotopic (exact) mass is 407 g/mol. The zero-order valence-electron chi connectivity index (χ0n) is 19.1. The van der Waals surface area contributed by atoms with Gasteiger partial charge in [0, 0.05) is 0 Å². The van der Waals surface area contributed by atoms with E-state index >= 15 is 0 Å². The molecule has 0 spiro atoms. The molecule has 2 rings (SSSR count). The van der Waals surface area contributed by atoms with Crippen molar-refractivity contribution in [2.45, 2.75) is 83.8 Å². The summed E-state index contributed by atoms with van der Waals surface area (Å²) in [7, 11) is -2.15.